The smallest absolute Gasteiger partial charge is 0.0933 e. The molecule has 1 aromatic rings. The standard InChI is InChI=1S/C12H18N2O2/c1-10-3-2-4-14-12(10)9-15-8-11-7-13-5-6-16-11/h2-4,11,13H,5-9H2,1H3. The predicted molar refractivity (Wildman–Crippen MR) is 61.2 cm³/mol. The lowest BCUT2D eigenvalue weighted by Gasteiger charge is -2.23. The van der Waals surface area contributed by atoms with E-state index in [1.165, 1.54) is 5.56 Å². The highest BCUT2D eigenvalue weighted by Gasteiger charge is 2.13. The van der Waals surface area contributed by atoms with Crippen LogP contribution in [0.15, 0.2) is 18.3 Å². The van der Waals surface area contributed by atoms with Crippen molar-refractivity contribution in [2.24, 2.45) is 0 Å². The first-order chi connectivity index (χ1) is 7.86. The second kappa shape index (κ2) is 5.94. The van der Waals surface area contributed by atoms with Crippen molar-refractivity contribution in [1.82, 2.24) is 10.3 Å². The van der Waals surface area contributed by atoms with E-state index in [4.69, 9.17) is 9.47 Å². The Balaban J connectivity index is 1.73. The van der Waals surface area contributed by atoms with Gasteiger partial charge in [-0.2, -0.15) is 0 Å². The number of pyridine rings is 1. The zero-order valence-electron chi connectivity index (χ0n) is 9.61. The Kier molecular flexibility index (Phi) is 4.27. The van der Waals surface area contributed by atoms with Gasteiger partial charge in [-0.1, -0.05) is 6.07 Å². The molecule has 0 saturated carbocycles. The fraction of sp³-hybridized carbons (Fsp3) is 0.583. The van der Waals surface area contributed by atoms with E-state index in [0.717, 1.165) is 25.4 Å². The summed E-state index contributed by atoms with van der Waals surface area (Å²) in [5.41, 5.74) is 2.18. The van der Waals surface area contributed by atoms with Crippen LogP contribution >= 0.6 is 0 Å². The lowest BCUT2D eigenvalue weighted by molar-refractivity contribution is -0.0363. The van der Waals surface area contributed by atoms with Gasteiger partial charge in [0.15, 0.2) is 0 Å². The molecule has 4 nitrogen and oxygen atoms in total. The van der Waals surface area contributed by atoms with E-state index in [1.807, 2.05) is 19.1 Å². The number of ether oxygens (including phenoxy) is 2. The van der Waals surface area contributed by atoms with Crippen molar-refractivity contribution in [1.29, 1.82) is 0 Å². The molecule has 1 aliphatic rings. The summed E-state index contributed by atoms with van der Waals surface area (Å²) in [5, 5.41) is 3.27. The number of nitrogens with one attached hydrogen (secondary N) is 1. The Morgan fingerprint density at radius 1 is 1.62 bits per heavy atom. The zero-order valence-corrected chi connectivity index (χ0v) is 9.61. The molecule has 2 rings (SSSR count). The Hall–Kier alpha value is -0.970. The Labute approximate surface area is 96.0 Å². The number of nitrogens with zero attached hydrogens (tertiary/aromatic N) is 1. The summed E-state index contributed by atoms with van der Waals surface area (Å²) in [6.45, 7) is 5.83. The summed E-state index contributed by atoms with van der Waals surface area (Å²) in [6, 6.07) is 3.98. The Morgan fingerprint density at radius 2 is 2.56 bits per heavy atom. The van der Waals surface area contributed by atoms with Gasteiger partial charge in [-0.3, -0.25) is 4.98 Å². The number of morpholine rings is 1. The van der Waals surface area contributed by atoms with Crippen LogP contribution in [-0.2, 0) is 16.1 Å². The van der Waals surface area contributed by atoms with Crippen LogP contribution < -0.4 is 5.32 Å². The molecular weight excluding hydrogens is 204 g/mol. The van der Waals surface area contributed by atoms with Gasteiger partial charge in [0.1, 0.15) is 0 Å². The fourth-order valence-corrected chi connectivity index (χ4v) is 1.68. The molecule has 1 N–H and O–H groups in total. The molecule has 1 saturated heterocycles. The summed E-state index contributed by atoms with van der Waals surface area (Å²) >= 11 is 0. The number of hydrogen-bond donors (Lipinski definition) is 1. The molecule has 1 aromatic heterocycles. The van der Waals surface area contributed by atoms with Gasteiger partial charge in [-0.15, -0.1) is 0 Å². The summed E-state index contributed by atoms with van der Waals surface area (Å²) in [4.78, 5) is 4.28. The molecule has 0 aliphatic carbocycles. The second-order valence-corrected chi connectivity index (χ2v) is 3.98. The average molecular weight is 222 g/mol. The predicted octanol–water partition coefficient (Wildman–Crippen LogP) is 0.895. The van der Waals surface area contributed by atoms with E-state index in [9.17, 15) is 0 Å². The molecule has 16 heavy (non-hydrogen) atoms. The minimum absolute atomic E-state index is 0.178. The molecule has 2 heterocycles. The fourth-order valence-electron chi connectivity index (χ4n) is 1.68. The minimum atomic E-state index is 0.178. The molecule has 4 heteroatoms. The van der Waals surface area contributed by atoms with Gasteiger partial charge in [0.05, 0.1) is 31.6 Å². The molecular formula is C12H18N2O2. The molecule has 0 bridgehead atoms. The molecule has 0 amide bonds. The van der Waals surface area contributed by atoms with Gasteiger partial charge in [0.25, 0.3) is 0 Å². The van der Waals surface area contributed by atoms with Crippen molar-refractivity contribution in [3.8, 4) is 0 Å². The Morgan fingerprint density at radius 3 is 3.31 bits per heavy atom. The van der Waals surface area contributed by atoms with E-state index in [0.29, 0.717) is 13.2 Å². The molecule has 0 aromatic carbocycles. The molecule has 0 radical (unpaired) electrons. The summed E-state index contributed by atoms with van der Waals surface area (Å²) in [6.07, 6.45) is 1.97. The third kappa shape index (κ3) is 3.27. The SMILES string of the molecule is Cc1cccnc1COCC1CNCCO1. The highest BCUT2D eigenvalue weighted by atomic mass is 16.5. The third-order valence-corrected chi connectivity index (χ3v) is 2.66. The van der Waals surface area contributed by atoms with Crippen LogP contribution in [0, 0.1) is 6.92 Å². The van der Waals surface area contributed by atoms with Crippen molar-refractivity contribution in [3.05, 3.63) is 29.6 Å². The molecule has 1 atom stereocenters. The van der Waals surface area contributed by atoms with Crippen LogP contribution in [0.5, 0.6) is 0 Å². The van der Waals surface area contributed by atoms with Gasteiger partial charge in [-0.25, -0.2) is 0 Å². The van der Waals surface area contributed by atoms with Gasteiger partial charge in [0.2, 0.25) is 0 Å². The van der Waals surface area contributed by atoms with Crippen molar-refractivity contribution < 1.29 is 9.47 Å². The summed E-state index contributed by atoms with van der Waals surface area (Å²) in [5.74, 6) is 0. The highest BCUT2D eigenvalue weighted by molar-refractivity contribution is 5.16. The average Bonchev–Trinajstić information content (AvgIpc) is 2.33. The molecule has 88 valence electrons. The van der Waals surface area contributed by atoms with Crippen LogP contribution in [0.25, 0.3) is 0 Å². The van der Waals surface area contributed by atoms with Gasteiger partial charge in [-0.05, 0) is 18.6 Å². The van der Waals surface area contributed by atoms with Crippen LogP contribution in [0.4, 0.5) is 0 Å². The molecule has 0 spiro atoms. The lowest BCUT2D eigenvalue weighted by atomic mass is 10.2. The van der Waals surface area contributed by atoms with E-state index >= 15 is 0 Å². The molecule has 1 fully saturated rings. The van der Waals surface area contributed by atoms with E-state index in [1.54, 1.807) is 6.20 Å². The van der Waals surface area contributed by atoms with Crippen LogP contribution in [0.1, 0.15) is 11.3 Å². The normalized spacial score (nSPS) is 20.9. The third-order valence-electron chi connectivity index (χ3n) is 2.66. The van der Waals surface area contributed by atoms with Crippen molar-refractivity contribution in [2.45, 2.75) is 19.6 Å². The van der Waals surface area contributed by atoms with Crippen molar-refractivity contribution in [3.63, 3.8) is 0 Å². The first-order valence-corrected chi connectivity index (χ1v) is 5.67. The maximum absolute atomic E-state index is 5.61. The number of aromatic nitrogens is 1. The van der Waals surface area contributed by atoms with Gasteiger partial charge < -0.3 is 14.8 Å². The first-order valence-electron chi connectivity index (χ1n) is 5.67. The largest absolute Gasteiger partial charge is 0.373 e. The van der Waals surface area contributed by atoms with E-state index in [-0.39, 0.29) is 6.10 Å². The lowest BCUT2D eigenvalue weighted by Crippen LogP contribution is -2.40. The maximum Gasteiger partial charge on any atom is 0.0933 e. The Bertz CT molecular complexity index is 325. The van der Waals surface area contributed by atoms with Crippen molar-refractivity contribution in [2.75, 3.05) is 26.3 Å². The van der Waals surface area contributed by atoms with Crippen LogP contribution in [0.2, 0.25) is 0 Å². The monoisotopic (exact) mass is 222 g/mol. The second-order valence-electron chi connectivity index (χ2n) is 3.98. The highest BCUT2D eigenvalue weighted by Crippen LogP contribution is 2.05. The van der Waals surface area contributed by atoms with Crippen molar-refractivity contribution >= 4 is 0 Å². The van der Waals surface area contributed by atoms with Gasteiger partial charge >= 0.3 is 0 Å². The quantitative estimate of drug-likeness (QED) is 0.822. The van der Waals surface area contributed by atoms with Gasteiger partial charge in [0, 0.05) is 19.3 Å². The number of rotatable bonds is 4. The van der Waals surface area contributed by atoms with Crippen LogP contribution in [0.3, 0.4) is 0 Å². The molecule has 1 aliphatic heterocycles. The molecule has 1 unspecified atom stereocenters. The summed E-state index contributed by atoms with van der Waals surface area (Å²) < 4.78 is 11.2. The topological polar surface area (TPSA) is 43.4 Å². The minimum Gasteiger partial charge on any atom is -0.373 e. The first kappa shape index (κ1) is 11.5. The van der Waals surface area contributed by atoms with Crippen LogP contribution in [-0.4, -0.2) is 37.4 Å². The number of aryl methyl sites for hydroxylation is 1. The summed E-state index contributed by atoms with van der Waals surface area (Å²) in [7, 11) is 0. The van der Waals surface area contributed by atoms with E-state index in [2.05, 4.69) is 10.3 Å². The maximum atomic E-state index is 5.61. The van der Waals surface area contributed by atoms with E-state index < -0.39 is 0 Å². The number of hydrogen-bond acceptors (Lipinski definition) is 4. The zero-order chi connectivity index (χ0) is 11.2.